The van der Waals surface area contributed by atoms with Crippen LogP contribution >= 0.6 is 27.3 Å². The van der Waals surface area contributed by atoms with Crippen LogP contribution in [0.25, 0.3) is 0 Å². The molecule has 15 heavy (non-hydrogen) atoms. The molecule has 0 aromatic carbocycles. The van der Waals surface area contributed by atoms with Gasteiger partial charge in [-0.1, -0.05) is 0 Å². The molecule has 0 aliphatic heterocycles. The second kappa shape index (κ2) is 6.09. The van der Waals surface area contributed by atoms with Crippen LogP contribution in [0.15, 0.2) is 9.85 Å². The molecule has 4 nitrogen and oxygen atoms in total. The van der Waals surface area contributed by atoms with Crippen molar-refractivity contribution in [2.75, 3.05) is 27.4 Å². The summed E-state index contributed by atoms with van der Waals surface area (Å²) in [7, 11) is 2.93. The number of carbonyl (C=O) groups excluding carboxylic acids is 1. The van der Waals surface area contributed by atoms with E-state index in [2.05, 4.69) is 20.7 Å². The summed E-state index contributed by atoms with van der Waals surface area (Å²) in [4.78, 5) is 11.8. The number of hydrogen-bond acceptors (Lipinski definition) is 5. The lowest BCUT2D eigenvalue weighted by Crippen LogP contribution is -2.07. The van der Waals surface area contributed by atoms with Crippen molar-refractivity contribution in [1.29, 1.82) is 0 Å². The molecule has 0 saturated heterocycles. The average Bonchev–Trinajstić information content (AvgIpc) is 2.60. The van der Waals surface area contributed by atoms with Gasteiger partial charge in [-0.15, -0.1) is 11.3 Å². The van der Waals surface area contributed by atoms with Crippen molar-refractivity contribution in [3.63, 3.8) is 0 Å². The summed E-state index contributed by atoms with van der Waals surface area (Å²) < 4.78 is 15.7. The van der Waals surface area contributed by atoms with Crippen molar-refractivity contribution in [1.82, 2.24) is 0 Å². The molecule has 0 spiro atoms. The van der Waals surface area contributed by atoms with E-state index in [0.717, 1.165) is 4.47 Å². The molecule has 1 heterocycles. The summed E-state index contributed by atoms with van der Waals surface area (Å²) in [6.45, 7) is 0.874. The van der Waals surface area contributed by atoms with Crippen LogP contribution in [0, 0.1) is 0 Å². The van der Waals surface area contributed by atoms with E-state index in [4.69, 9.17) is 9.47 Å². The first-order chi connectivity index (χ1) is 7.20. The van der Waals surface area contributed by atoms with Crippen LogP contribution < -0.4 is 4.74 Å². The number of thiophene rings is 1. The summed E-state index contributed by atoms with van der Waals surface area (Å²) >= 11 is 4.58. The fraction of sp³-hybridized carbons (Fsp3) is 0.444. The van der Waals surface area contributed by atoms with Gasteiger partial charge in [0.05, 0.1) is 18.2 Å². The Kier molecular flexibility index (Phi) is 5.07. The Bertz CT molecular complexity index is 337. The number of methoxy groups -OCH3 is 2. The van der Waals surface area contributed by atoms with Crippen molar-refractivity contribution in [3.8, 4) is 5.75 Å². The first-order valence-electron chi connectivity index (χ1n) is 4.17. The molecule has 0 aliphatic carbocycles. The third-order valence-electron chi connectivity index (χ3n) is 1.61. The van der Waals surface area contributed by atoms with Gasteiger partial charge in [0.25, 0.3) is 0 Å². The van der Waals surface area contributed by atoms with Crippen LogP contribution in [-0.4, -0.2) is 33.4 Å². The Labute approximate surface area is 100 Å². The van der Waals surface area contributed by atoms with Crippen molar-refractivity contribution in [2.45, 2.75) is 0 Å². The van der Waals surface area contributed by atoms with Crippen LogP contribution in [0.4, 0.5) is 0 Å². The summed E-state index contributed by atoms with van der Waals surface area (Å²) in [5.41, 5.74) is 0. The monoisotopic (exact) mass is 294 g/mol. The number of halogens is 1. The number of rotatable bonds is 5. The predicted molar refractivity (Wildman–Crippen MR) is 60.7 cm³/mol. The number of carbonyl (C=O) groups is 1. The van der Waals surface area contributed by atoms with Crippen LogP contribution in [-0.2, 0) is 9.47 Å². The maximum absolute atomic E-state index is 11.3. The van der Waals surface area contributed by atoms with Gasteiger partial charge in [0.15, 0.2) is 10.6 Å². The maximum atomic E-state index is 11.3. The minimum absolute atomic E-state index is 0.391. The van der Waals surface area contributed by atoms with E-state index >= 15 is 0 Å². The molecule has 6 heteroatoms. The zero-order valence-electron chi connectivity index (χ0n) is 8.41. The van der Waals surface area contributed by atoms with Gasteiger partial charge in [0.2, 0.25) is 0 Å². The molecule has 0 amide bonds. The third kappa shape index (κ3) is 3.19. The molecule has 0 radical (unpaired) electrons. The second-order valence-electron chi connectivity index (χ2n) is 2.57. The van der Waals surface area contributed by atoms with Crippen molar-refractivity contribution in [2.24, 2.45) is 0 Å². The second-order valence-corrected chi connectivity index (χ2v) is 4.31. The normalized spacial score (nSPS) is 10.1. The molecular weight excluding hydrogens is 284 g/mol. The van der Waals surface area contributed by atoms with E-state index < -0.39 is 5.97 Å². The van der Waals surface area contributed by atoms with Gasteiger partial charge >= 0.3 is 5.97 Å². The lowest BCUT2D eigenvalue weighted by molar-refractivity contribution is 0.0600. The van der Waals surface area contributed by atoms with Gasteiger partial charge in [0.1, 0.15) is 6.61 Å². The molecule has 0 bridgehead atoms. The Morgan fingerprint density at radius 2 is 2.20 bits per heavy atom. The van der Waals surface area contributed by atoms with Gasteiger partial charge in [-0.2, -0.15) is 0 Å². The first-order valence-corrected chi connectivity index (χ1v) is 5.85. The minimum atomic E-state index is -0.391. The number of hydrogen-bond donors (Lipinski definition) is 0. The predicted octanol–water partition coefficient (Wildman–Crippen LogP) is 2.32. The first kappa shape index (κ1) is 12.5. The van der Waals surface area contributed by atoms with Gasteiger partial charge in [-0.3, -0.25) is 0 Å². The molecule has 0 atom stereocenters. The van der Waals surface area contributed by atoms with E-state index in [-0.39, 0.29) is 0 Å². The van der Waals surface area contributed by atoms with Gasteiger partial charge in [0, 0.05) is 12.5 Å². The summed E-state index contributed by atoms with van der Waals surface area (Å²) in [6, 6.07) is 0. The smallest absolute Gasteiger partial charge is 0.351 e. The highest BCUT2D eigenvalue weighted by molar-refractivity contribution is 9.10. The molecule has 1 rings (SSSR count). The highest BCUT2D eigenvalue weighted by Gasteiger charge is 2.18. The quantitative estimate of drug-likeness (QED) is 0.618. The van der Waals surface area contributed by atoms with Crippen molar-refractivity contribution < 1.29 is 19.0 Å². The Balaban J connectivity index is 2.75. The van der Waals surface area contributed by atoms with Gasteiger partial charge in [-0.05, 0) is 15.9 Å². The van der Waals surface area contributed by atoms with Crippen LogP contribution in [0.5, 0.6) is 5.75 Å². The molecule has 0 unspecified atom stereocenters. The zero-order valence-corrected chi connectivity index (χ0v) is 10.8. The van der Waals surface area contributed by atoms with Crippen molar-refractivity contribution >= 4 is 33.2 Å². The number of ether oxygens (including phenoxy) is 3. The third-order valence-corrected chi connectivity index (χ3v) is 3.44. The summed E-state index contributed by atoms with van der Waals surface area (Å²) in [5.74, 6) is 0.127. The fourth-order valence-electron chi connectivity index (χ4n) is 0.921. The van der Waals surface area contributed by atoms with Gasteiger partial charge in [-0.25, -0.2) is 4.79 Å². The Morgan fingerprint density at radius 3 is 2.80 bits per heavy atom. The van der Waals surface area contributed by atoms with Crippen LogP contribution in [0.2, 0.25) is 0 Å². The van der Waals surface area contributed by atoms with E-state index in [1.165, 1.54) is 18.4 Å². The van der Waals surface area contributed by atoms with Crippen molar-refractivity contribution in [3.05, 3.63) is 14.7 Å². The maximum Gasteiger partial charge on any atom is 0.351 e. The van der Waals surface area contributed by atoms with E-state index in [0.29, 0.717) is 23.8 Å². The molecule has 1 aromatic rings. The highest BCUT2D eigenvalue weighted by atomic mass is 79.9. The minimum Gasteiger partial charge on any atom is -0.488 e. The van der Waals surface area contributed by atoms with Crippen LogP contribution in [0.1, 0.15) is 9.67 Å². The van der Waals surface area contributed by atoms with E-state index in [9.17, 15) is 4.79 Å². The molecule has 0 saturated carbocycles. The molecule has 0 N–H and O–H groups in total. The molecule has 0 aliphatic rings. The van der Waals surface area contributed by atoms with Crippen LogP contribution in [0.3, 0.4) is 0 Å². The molecule has 1 aromatic heterocycles. The standard InChI is InChI=1S/C9H11BrO4S/c1-12-3-4-14-7-6(10)5-15-8(7)9(11)13-2/h5H,3-4H2,1-2H3. The lowest BCUT2D eigenvalue weighted by atomic mass is 10.4. The van der Waals surface area contributed by atoms with E-state index in [1.807, 2.05) is 0 Å². The lowest BCUT2D eigenvalue weighted by Gasteiger charge is -2.06. The Morgan fingerprint density at radius 1 is 1.47 bits per heavy atom. The SMILES string of the molecule is COCCOc1c(Br)csc1C(=O)OC. The summed E-state index contributed by atoms with van der Waals surface area (Å²) in [5, 5.41) is 1.79. The highest BCUT2D eigenvalue weighted by Crippen LogP contribution is 2.35. The van der Waals surface area contributed by atoms with E-state index in [1.54, 1.807) is 12.5 Å². The Hall–Kier alpha value is -0.590. The topological polar surface area (TPSA) is 44.8 Å². The van der Waals surface area contributed by atoms with Gasteiger partial charge < -0.3 is 14.2 Å². The zero-order chi connectivity index (χ0) is 11.3. The summed E-state index contributed by atoms with van der Waals surface area (Å²) in [6.07, 6.45) is 0. The average molecular weight is 295 g/mol. The fourth-order valence-corrected chi connectivity index (χ4v) is 2.43. The molecule has 84 valence electrons. The molecule has 0 fully saturated rings. The molecular formula is C9H11BrO4S. The largest absolute Gasteiger partial charge is 0.488 e. The number of esters is 1.